The molecule has 0 spiro atoms. The average Bonchev–Trinajstić information content (AvgIpc) is 1.69. The van der Waals surface area contributed by atoms with Crippen LogP contribution in [0.2, 0.25) is 0 Å². The van der Waals surface area contributed by atoms with Gasteiger partial charge in [0.1, 0.15) is 0 Å². The molecule has 10 heavy (non-hydrogen) atoms. The molecule has 0 atom stereocenters. The van der Waals surface area contributed by atoms with E-state index in [1.165, 1.54) is 0 Å². The van der Waals surface area contributed by atoms with Crippen molar-refractivity contribution in [1.29, 1.82) is 0 Å². The fourth-order valence-electron chi connectivity index (χ4n) is 0.482. The summed E-state index contributed by atoms with van der Waals surface area (Å²) in [7, 11) is 0. The molecule has 0 rings (SSSR count). The molecule has 5 heteroatoms. The Morgan fingerprint density at radius 2 is 1.70 bits per heavy atom. The summed E-state index contributed by atoms with van der Waals surface area (Å²) in [6, 6.07) is 0. The summed E-state index contributed by atoms with van der Waals surface area (Å²) < 4.78 is 0.579. The van der Waals surface area contributed by atoms with E-state index in [1.54, 1.807) is 0 Å². The Bertz CT molecular complexity index is 87.7. The molecule has 2 N–H and O–H groups in total. The maximum atomic E-state index is 4.76. The first kappa shape index (κ1) is 17.7. The van der Waals surface area contributed by atoms with Crippen molar-refractivity contribution < 1.29 is 56.9 Å². The standard InChI is InChI=1S/C5H11NS2.K.H2O/c1-3-6(4-2)5(7)8;;/h3-4H2,1-2H3,(H,7,8);;1H2/q;+1;/p-1. The molecule has 0 aliphatic rings. The third-order valence-electron chi connectivity index (χ3n) is 1.02. The van der Waals surface area contributed by atoms with E-state index in [1.807, 2.05) is 18.7 Å². The van der Waals surface area contributed by atoms with Gasteiger partial charge in [-0.15, -0.1) is 0 Å². The Morgan fingerprint density at radius 3 is 1.70 bits per heavy atom. The van der Waals surface area contributed by atoms with Crippen LogP contribution in [0, 0.1) is 0 Å². The fourth-order valence-corrected chi connectivity index (χ4v) is 0.998. The second-order valence-corrected chi connectivity index (χ2v) is 2.47. The van der Waals surface area contributed by atoms with Crippen molar-refractivity contribution in [1.82, 2.24) is 4.90 Å². The van der Waals surface area contributed by atoms with Crippen LogP contribution in [-0.2, 0) is 12.6 Å². The Balaban J connectivity index is -0.000000245. The van der Waals surface area contributed by atoms with Gasteiger partial charge >= 0.3 is 51.4 Å². The predicted molar refractivity (Wildman–Crippen MR) is 46.5 cm³/mol. The van der Waals surface area contributed by atoms with Crippen LogP contribution >= 0.6 is 12.2 Å². The van der Waals surface area contributed by atoms with Crippen molar-refractivity contribution in [3.8, 4) is 0 Å². The minimum Gasteiger partial charge on any atom is -0.412 e. The molecular formula is C5H12KNOS2. The summed E-state index contributed by atoms with van der Waals surface area (Å²) in [5.74, 6) is 0. The van der Waals surface area contributed by atoms with Crippen LogP contribution < -0.4 is 51.4 Å². The zero-order valence-electron chi connectivity index (χ0n) is 6.68. The number of nitrogens with zero attached hydrogens (tertiary/aromatic N) is 1. The van der Waals surface area contributed by atoms with Crippen molar-refractivity contribution in [2.75, 3.05) is 13.1 Å². The van der Waals surface area contributed by atoms with Crippen LogP contribution in [0.15, 0.2) is 0 Å². The van der Waals surface area contributed by atoms with Crippen molar-refractivity contribution in [3.05, 3.63) is 0 Å². The Kier molecular flexibility index (Phi) is 19.0. The molecule has 2 nitrogen and oxygen atoms in total. The van der Waals surface area contributed by atoms with Crippen molar-refractivity contribution in [3.63, 3.8) is 0 Å². The van der Waals surface area contributed by atoms with Gasteiger partial charge in [0.25, 0.3) is 0 Å². The first-order valence-corrected chi connectivity index (χ1v) is 3.50. The summed E-state index contributed by atoms with van der Waals surface area (Å²) in [5, 5.41) is 0. The molecule has 0 heterocycles. The normalized spacial score (nSPS) is 7.00. The maximum absolute atomic E-state index is 4.76. The molecule has 0 saturated heterocycles. The molecule has 0 radical (unpaired) electrons. The zero-order chi connectivity index (χ0) is 6.57. The van der Waals surface area contributed by atoms with Gasteiger partial charge in [0.05, 0.1) is 0 Å². The largest absolute Gasteiger partial charge is 1.00 e. The molecule has 0 aromatic heterocycles. The Morgan fingerprint density at radius 1 is 1.40 bits per heavy atom. The smallest absolute Gasteiger partial charge is 0.412 e. The first-order valence-electron chi connectivity index (χ1n) is 2.68. The third kappa shape index (κ3) is 7.81. The molecule has 0 aromatic rings. The van der Waals surface area contributed by atoms with Gasteiger partial charge in [-0.3, -0.25) is 0 Å². The van der Waals surface area contributed by atoms with E-state index in [2.05, 4.69) is 0 Å². The molecule has 0 bridgehead atoms. The molecule has 56 valence electrons. The van der Waals surface area contributed by atoms with E-state index in [4.69, 9.17) is 24.8 Å². The van der Waals surface area contributed by atoms with E-state index in [9.17, 15) is 0 Å². The molecule has 0 aromatic carbocycles. The number of hydrogen-bond acceptors (Lipinski definition) is 2. The molecule has 0 unspecified atom stereocenters. The van der Waals surface area contributed by atoms with Gasteiger partial charge in [-0.1, -0.05) is 4.32 Å². The van der Waals surface area contributed by atoms with Crippen LogP contribution in [0.3, 0.4) is 0 Å². The molecule has 0 saturated carbocycles. The van der Waals surface area contributed by atoms with Crippen molar-refractivity contribution in [2.45, 2.75) is 13.8 Å². The van der Waals surface area contributed by atoms with E-state index in [-0.39, 0.29) is 56.9 Å². The monoisotopic (exact) mass is 205 g/mol. The van der Waals surface area contributed by atoms with Crippen molar-refractivity contribution >= 4 is 29.2 Å². The third-order valence-corrected chi connectivity index (χ3v) is 1.54. The van der Waals surface area contributed by atoms with Crippen LogP contribution in [0.25, 0.3) is 0 Å². The molecule has 0 amide bonds. The first-order chi connectivity index (χ1) is 3.72. The molecule has 0 aliphatic heterocycles. The summed E-state index contributed by atoms with van der Waals surface area (Å²) in [5.41, 5.74) is 0. The summed E-state index contributed by atoms with van der Waals surface area (Å²) in [4.78, 5) is 1.96. The van der Waals surface area contributed by atoms with Gasteiger partial charge in [-0.25, -0.2) is 0 Å². The van der Waals surface area contributed by atoms with E-state index >= 15 is 0 Å². The topological polar surface area (TPSA) is 34.7 Å². The number of thiocarbonyl (C=S) groups is 1. The Hall–Kier alpha value is 1.71. The van der Waals surface area contributed by atoms with Gasteiger partial charge in [-0.05, 0) is 13.8 Å². The molecule has 0 aliphatic carbocycles. The van der Waals surface area contributed by atoms with Crippen molar-refractivity contribution in [2.24, 2.45) is 0 Å². The maximum Gasteiger partial charge on any atom is 1.00 e. The van der Waals surface area contributed by atoms with E-state index in [0.29, 0.717) is 4.32 Å². The van der Waals surface area contributed by atoms with E-state index < -0.39 is 0 Å². The van der Waals surface area contributed by atoms with Gasteiger partial charge in [0.15, 0.2) is 0 Å². The number of hydrogen-bond donors (Lipinski definition) is 0. The van der Waals surface area contributed by atoms with E-state index in [0.717, 1.165) is 13.1 Å². The second-order valence-electron chi connectivity index (χ2n) is 1.44. The van der Waals surface area contributed by atoms with Crippen LogP contribution in [0.4, 0.5) is 0 Å². The predicted octanol–water partition coefficient (Wildman–Crippen LogP) is -2.66. The summed E-state index contributed by atoms with van der Waals surface area (Å²) in [6.07, 6.45) is 0. The quantitative estimate of drug-likeness (QED) is 0.280. The zero-order valence-corrected chi connectivity index (χ0v) is 11.4. The SMILES string of the molecule is CCN(CC)C(=S)[S-].O.[K+]. The summed E-state index contributed by atoms with van der Waals surface area (Å²) in [6.45, 7) is 5.95. The Labute approximate surface area is 116 Å². The number of rotatable bonds is 2. The average molecular weight is 205 g/mol. The van der Waals surface area contributed by atoms with Gasteiger partial charge in [-0.2, -0.15) is 0 Å². The van der Waals surface area contributed by atoms with Gasteiger partial charge in [0.2, 0.25) is 0 Å². The van der Waals surface area contributed by atoms with Crippen LogP contribution in [0.1, 0.15) is 13.8 Å². The summed E-state index contributed by atoms with van der Waals surface area (Å²) >= 11 is 9.51. The molecular weight excluding hydrogens is 193 g/mol. The minimum absolute atomic E-state index is 0. The fraction of sp³-hybridized carbons (Fsp3) is 0.800. The molecule has 0 fully saturated rings. The minimum atomic E-state index is 0. The van der Waals surface area contributed by atoms with Crippen LogP contribution in [-0.4, -0.2) is 27.8 Å². The van der Waals surface area contributed by atoms with Gasteiger partial charge in [0, 0.05) is 13.1 Å². The van der Waals surface area contributed by atoms with Crippen LogP contribution in [0.5, 0.6) is 0 Å². The van der Waals surface area contributed by atoms with Gasteiger partial charge < -0.3 is 35.2 Å². The second kappa shape index (κ2) is 10.7.